The molecular weight excluding hydrogens is 591 g/mol. The molecule has 4 heteroatoms. The Balaban J connectivity index is 1.14. The highest BCUT2D eigenvalue weighted by Crippen LogP contribution is 2.40. The van der Waals surface area contributed by atoms with Gasteiger partial charge in [0.15, 0.2) is 0 Å². The summed E-state index contributed by atoms with van der Waals surface area (Å²) in [5.74, 6) is 0. The first-order valence-electron chi connectivity index (χ1n) is 15.7. The Morgan fingerprint density at radius 3 is 1.53 bits per heavy atom. The normalized spacial score (nSPS) is 11.5. The van der Waals surface area contributed by atoms with Gasteiger partial charge in [-0.3, -0.25) is 0 Å². The number of benzene rings is 6. The van der Waals surface area contributed by atoms with Gasteiger partial charge in [-0.15, -0.1) is 12.6 Å². The van der Waals surface area contributed by atoms with E-state index in [-0.39, 0.29) is 0 Å². The van der Waals surface area contributed by atoms with E-state index in [0.717, 1.165) is 93.3 Å². The lowest BCUT2D eigenvalue weighted by Gasteiger charge is -2.14. The molecule has 0 unspecified atom stereocenters. The molecule has 0 atom stereocenters. The summed E-state index contributed by atoms with van der Waals surface area (Å²) in [6.07, 6.45) is 0. The number of aromatic nitrogens is 3. The Morgan fingerprint density at radius 2 is 0.894 bits per heavy atom. The van der Waals surface area contributed by atoms with E-state index in [1.54, 1.807) is 0 Å². The third-order valence-electron chi connectivity index (χ3n) is 8.97. The van der Waals surface area contributed by atoms with Crippen molar-refractivity contribution in [2.24, 2.45) is 0 Å². The zero-order chi connectivity index (χ0) is 31.3. The van der Waals surface area contributed by atoms with E-state index in [1.807, 2.05) is 24.3 Å². The lowest BCUT2D eigenvalue weighted by molar-refractivity contribution is 1.36. The summed E-state index contributed by atoms with van der Waals surface area (Å²) in [5, 5.41) is 5.46. The van der Waals surface area contributed by atoms with E-state index >= 15 is 0 Å². The fraction of sp³-hybridized carbons (Fsp3) is 0. The minimum Gasteiger partial charge on any atom is -0.247 e. The van der Waals surface area contributed by atoms with Crippen LogP contribution in [0.15, 0.2) is 163 Å². The molecule has 3 aromatic heterocycles. The zero-order valence-electron chi connectivity index (χ0n) is 25.3. The van der Waals surface area contributed by atoms with Gasteiger partial charge in [0.25, 0.3) is 0 Å². The Labute approximate surface area is 277 Å². The second kappa shape index (κ2) is 11.2. The molecule has 220 valence electrons. The molecule has 0 fully saturated rings. The summed E-state index contributed by atoms with van der Waals surface area (Å²) >= 11 is 5.05. The fourth-order valence-corrected chi connectivity index (χ4v) is 7.03. The molecule has 6 aromatic carbocycles. The van der Waals surface area contributed by atoms with Gasteiger partial charge in [-0.1, -0.05) is 140 Å². The van der Waals surface area contributed by atoms with Crippen LogP contribution < -0.4 is 0 Å². The van der Waals surface area contributed by atoms with E-state index in [9.17, 15) is 0 Å². The average molecular weight is 618 g/mol. The molecule has 0 radical (unpaired) electrons. The van der Waals surface area contributed by atoms with E-state index in [2.05, 4.69) is 133 Å². The van der Waals surface area contributed by atoms with Crippen LogP contribution >= 0.6 is 12.6 Å². The van der Waals surface area contributed by atoms with Crippen LogP contribution in [0.5, 0.6) is 0 Å². The lowest BCUT2D eigenvalue weighted by Crippen LogP contribution is -1.93. The topological polar surface area (TPSA) is 38.7 Å². The predicted molar refractivity (Wildman–Crippen MR) is 199 cm³/mol. The van der Waals surface area contributed by atoms with Crippen molar-refractivity contribution >= 4 is 56.1 Å². The molecule has 3 nitrogen and oxygen atoms in total. The Kier molecular flexibility index (Phi) is 6.54. The first-order chi connectivity index (χ1) is 23.2. The highest BCUT2D eigenvalue weighted by molar-refractivity contribution is 7.80. The Bertz CT molecular complexity index is 2620. The van der Waals surface area contributed by atoms with Crippen LogP contribution in [-0.4, -0.2) is 15.0 Å². The summed E-state index contributed by atoms with van der Waals surface area (Å²) < 4.78 is 0. The van der Waals surface area contributed by atoms with Crippen molar-refractivity contribution < 1.29 is 0 Å². The molecule has 47 heavy (non-hydrogen) atoms. The van der Waals surface area contributed by atoms with Crippen LogP contribution in [-0.2, 0) is 0 Å². The maximum atomic E-state index is 5.21. The quantitative estimate of drug-likeness (QED) is 0.158. The number of nitrogens with zero attached hydrogens (tertiary/aromatic N) is 3. The van der Waals surface area contributed by atoms with Crippen molar-refractivity contribution in [2.75, 3.05) is 0 Å². The maximum Gasteiger partial charge on any atom is 0.0972 e. The zero-order valence-corrected chi connectivity index (χ0v) is 26.2. The molecule has 0 bridgehead atoms. The minimum absolute atomic E-state index is 0.904. The van der Waals surface area contributed by atoms with E-state index in [4.69, 9.17) is 27.6 Å². The number of hydrogen-bond donors (Lipinski definition) is 1. The third kappa shape index (κ3) is 4.73. The van der Waals surface area contributed by atoms with Crippen LogP contribution in [0.4, 0.5) is 0 Å². The molecule has 0 aliphatic rings. The average Bonchev–Trinajstić information content (AvgIpc) is 3.15. The van der Waals surface area contributed by atoms with E-state index < -0.39 is 0 Å². The van der Waals surface area contributed by atoms with Gasteiger partial charge >= 0.3 is 0 Å². The number of thiol groups is 1. The van der Waals surface area contributed by atoms with E-state index in [0.29, 0.717) is 0 Å². The maximum absolute atomic E-state index is 5.21. The smallest absolute Gasteiger partial charge is 0.0972 e. The van der Waals surface area contributed by atoms with Gasteiger partial charge in [-0.05, 0) is 34.7 Å². The summed E-state index contributed by atoms with van der Waals surface area (Å²) in [6, 6.07) is 54.7. The van der Waals surface area contributed by atoms with Crippen molar-refractivity contribution in [1.29, 1.82) is 0 Å². The van der Waals surface area contributed by atoms with Crippen molar-refractivity contribution in [2.45, 2.75) is 4.90 Å². The number of pyridine rings is 3. The van der Waals surface area contributed by atoms with Crippen molar-refractivity contribution in [3.05, 3.63) is 158 Å². The van der Waals surface area contributed by atoms with Crippen LogP contribution in [0.25, 0.3) is 88.4 Å². The minimum atomic E-state index is 0.904. The molecule has 9 rings (SSSR count). The lowest BCUT2D eigenvalue weighted by atomic mass is 9.96. The molecule has 3 heterocycles. The van der Waals surface area contributed by atoms with Gasteiger partial charge in [0.05, 0.1) is 33.6 Å². The first kappa shape index (κ1) is 27.5. The van der Waals surface area contributed by atoms with Gasteiger partial charge in [0, 0.05) is 43.1 Å². The van der Waals surface area contributed by atoms with Gasteiger partial charge < -0.3 is 0 Å². The van der Waals surface area contributed by atoms with Crippen LogP contribution in [0, 0.1) is 0 Å². The summed E-state index contributed by atoms with van der Waals surface area (Å²) in [5.41, 5.74) is 11.0. The van der Waals surface area contributed by atoms with Gasteiger partial charge in [0.1, 0.15) is 0 Å². The Morgan fingerprint density at radius 1 is 0.383 bits per heavy atom. The summed E-state index contributed by atoms with van der Waals surface area (Å²) in [7, 11) is 0. The Hall–Kier alpha value is -5.84. The van der Waals surface area contributed by atoms with Gasteiger partial charge in [-0.2, -0.15) is 0 Å². The highest BCUT2D eigenvalue weighted by Gasteiger charge is 2.16. The summed E-state index contributed by atoms with van der Waals surface area (Å²) in [4.78, 5) is 16.4. The molecule has 0 N–H and O–H groups in total. The monoisotopic (exact) mass is 617 g/mol. The third-order valence-corrected chi connectivity index (χ3v) is 9.43. The van der Waals surface area contributed by atoms with Crippen molar-refractivity contribution in [3.63, 3.8) is 0 Å². The molecule has 0 aliphatic carbocycles. The largest absolute Gasteiger partial charge is 0.247 e. The van der Waals surface area contributed by atoms with Crippen LogP contribution in [0.1, 0.15) is 0 Å². The number of fused-ring (bicyclic) bond motifs is 6. The van der Waals surface area contributed by atoms with Crippen LogP contribution in [0.2, 0.25) is 0 Å². The molecule has 0 saturated carbocycles. The second-order valence-electron chi connectivity index (χ2n) is 11.8. The van der Waals surface area contributed by atoms with Crippen molar-refractivity contribution in [3.8, 4) is 44.9 Å². The predicted octanol–water partition coefficient (Wildman–Crippen LogP) is 11.4. The van der Waals surface area contributed by atoms with Crippen molar-refractivity contribution in [1.82, 2.24) is 15.0 Å². The molecule has 9 aromatic rings. The molecule has 0 amide bonds. The number of rotatable bonds is 4. The molecule has 0 aliphatic heterocycles. The fourth-order valence-electron chi connectivity index (χ4n) is 6.60. The molecular formula is C43H27N3S. The summed E-state index contributed by atoms with van der Waals surface area (Å²) in [6.45, 7) is 0. The van der Waals surface area contributed by atoms with Gasteiger partial charge in [-0.25, -0.2) is 15.0 Å². The molecule has 0 saturated heterocycles. The first-order valence-corrected chi connectivity index (χ1v) is 16.1. The highest BCUT2D eigenvalue weighted by atomic mass is 32.1. The van der Waals surface area contributed by atoms with Gasteiger partial charge in [0.2, 0.25) is 0 Å². The van der Waals surface area contributed by atoms with E-state index in [1.165, 1.54) is 0 Å². The number of hydrogen-bond acceptors (Lipinski definition) is 4. The standard InChI is InChI=1S/C43H27N3S/c47-43-33(27-9-3-1-4-10-27)23-26-38-39(43)34-13-7-8-14-35(34)40(46-38)30-17-15-29(16-18-30)37-25-22-32-20-19-31-21-24-36(28-11-5-2-6-12-28)44-41(31)42(32)45-37/h1-26,47H. The van der Waals surface area contributed by atoms with Crippen LogP contribution in [0.3, 0.4) is 0 Å². The second-order valence-corrected chi connectivity index (χ2v) is 12.2. The SMILES string of the molecule is Sc1c(-c2ccccc2)ccc2nc(-c3ccc(-c4ccc5ccc6ccc(-c7ccccc7)nc6c5n4)cc3)c3ccccc3c12. The molecule has 0 spiro atoms.